The Morgan fingerprint density at radius 3 is 2.60 bits per heavy atom. The first-order chi connectivity index (χ1) is 9.49. The highest BCUT2D eigenvalue weighted by Gasteiger charge is 2.14. The van der Waals surface area contributed by atoms with Gasteiger partial charge in [-0.15, -0.1) is 12.6 Å². The molecule has 0 unspecified atom stereocenters. The molecule has 0 bridgehead atoms. The van der Waals surface area contributed by atoms with Crippen LogP contribution in [0.1, 0.15) is 10.4 Å². The monoisotopic (exact) mass is 290 g/mol. The van der Waals surface area contributed by atoms with E-state index < -0.39 is 11.7 Å². The number of anilines is 2. The third-order valence-corrected chi connectivity index (χ3v) is 3.11. The van der Waals surface area contributed by atoms with Gasteiger partial charge in [0.2, 0.25) is 0 Å². The van der Waals surface area contributed by atoms with Crippen LogP contribution in [-0.2, 0) is 0 Å². The topological polar surface area (TPSA) is 32.3 Å². The van der Waals surface area contributed by atoms with Crippen molar-refractivity contribution in [3.8, 4) is 0 Å². The van der Waals surface area contributed by atoms with Gasteiger partial charge in [-0.3, -0.25) is 4.79 Å². The molecule has 0 aliphatic rings. The van der Waals surface area contributed by atoms with E-state index in [0.29, 0.717) is 10.6 Å². The average molecular weight is 290 g/mol. The van der Waals surface area contributed by atoms with E-state index in [4.69, 9.17) is 0 Å². The minimum atomic E-state index is -0.567. The van der Waals surface area contributed by atoms with Gasteiger partial charge in [0.1, 0.15) is 5.82 Å². The van der Waals surface area contributed by atoms with Gasteiger partial charge in [-0.2, -0.15) is 0 Å². The summed E-state index contributed by atoms with van der Waals surface area (Å²) in [5.74, 6) is -1.06. The minimum Gasteiger partial charge on any atom is -0.376 e. The standard InChI is InChI=1S/C15H15FN2OS/c1-18(2)14-6-4-3-5-13(14)17-15(19)11-9-10(20)7-8-12(11)16/h3-9,20H,1-2H3,(H,17,19). The molecule has 0 aliphatic carbocycles. The Balaban J connectivity index is 2.31. The number of nitrogens with one attached hydrogen (secondary N) is 1. The van der Waals surface area contributed by atoms with Crippen molar-refractivity contribution in [2.24, 2.45) is 0 Å². The highest BCUT2D eigenvalue weighted by Crippen LogP contribution is 2.24. The molecule has 0 aromatic heterocycles. The van der Waals surface area contributed by atoms with Crippen LogP contribution in [0.5, 0.6) is 0 Å². The second-order valence-electron chi connectivity index (χ2n) is 4.53. The summed E-state index contributed by atoms with van der Waals surface area (Å²) in [6.07, 6.45) is 0. The molecule has 3 nitrogen and oxygen atoms in total. The molecule has 20 heavy (non-hydrogen) atoms. The lowest BCUT2D eigenvalue weighted by Crippen LogP contribution is -2.17. The van der Waals surface area contributed by atoms with Gasteiger partial charge in [-0.1, -0.05) is 12.1 Å². The molecular weight excluding hydrogens is 275 g/mol. The Morgan fingerprint density at radius 1 is 1.20 bits per heavy atom. The molecule has 2 aromatic carbocycles. The fraction of sp³-hybridized carbons (Fsp3) is 0.133. The number of carbonyl (C=O) groups is 1. The van der Waals surface area contributed by atoms with Crippen LogP contribution in [0.15, 0.2) is 47.4 Å². The minimum absolute atomic E-state index is 0.0222. The van der Waals surface area contributed by atoms with E-state index >= 15 is 0 Å². The largest absolute Gasteiger partial charge is 0.376 e. The highest BCUT2D eigenvalue weighted by atomic mass is 32.1. The van der Waals surface area contributed by atoms with Gasteiger partial charge in [-0.25, -0.2) is 4.39 Å². The van der Waals surface area contributed by atoms with Crippen LogP contribution >= 0.6 is 12.6 Å². The van der Waals surface area contributed by atoms with Crippen molar-refractivity contribution in [3.05, 3.63) is 53.8 Å². The summed E-state index contributed by atoms with van der Waals surface area (Å²) in [4.78, 5) is 14.6. The van der Waals surface area contributed by atoms with Crippen molar-refractivity contribution in [2.45, 2.75) is 4.90 Å². The maximum Gasteiger partial charge on any atom is 0.258 e. The molecule has 0 fully saturated rings. The number of nitrogens with zero attached hydrogens (tertiary/aromatic N) is 1. The number of hydrogen-bond donors (Lipinski definition) is 2. The Labute approximate surface area is 122 Å². The summed E-state index contributed by atoms with van der Waals surface area (Å²) in [5.41, 5.74) is 1.46. The number of halogens is 1. The summed E-state index contributed by atoms with van der Waals surface area (Å²) in [5, 5.41) is 2.72. The van der Waals surface area contributed by atoms with Gasteiger partial charge in [0.25, 0.3) is 5.91 Å². The molecule has 0 saturated carbocycles. The molecule has 1 N–H and O–H groups in total. The van der Waals surface area contributed by atoms with E-state index in [2.05, 4.69) is 17.9 Å². The second kappa shape index (κ2) is 5.96. The predicted molar refractivity (Wildman–Crippen MR) is 82.4 cm³/mol. The van der Waals surface area contributed by atoms with Crippen molar-refractivity contribution in [2.75, 3.05) is 24.3 Å². The molecule has 0 heterocycles. The molecule has 5 heteroatoms. The van der Waals surface area contributed by atoms with E-state index in [9.17, 15) is 9.18 Å². The van der Waals surface area contributed by atoms with Crippen molar-refractivity contribution < 1.29 is 9.18 Å². The molecule has 2 rings (SSSR count). The van der Waals surface area contributed by atoms with E-state index in [1.807, 2.05) is 37.2 Å². The maximum atomic E-state index is 13.7. The second-order valence-corrected chi connectivity index (χ2v) is 5.05. The molecule has 104 valence electrons. The number of carbonyl (C=O) groups excluding carboxylic acids is 1. The summed E-state index contributed by atoms with van der Waals surface area (Å²) >= 11 is 4.12. The van der Waals surface area contributed by atoms with Crippen LogP contribution in [0.3, 0.4) is 0 Å². The van der Waals surface area contributed by atoms with Crippen LogP contribution in [0.2, 0.25) is 0 Å². The van der Waals surface area contributed by atoms with Crippen LogP contribution in [0.4, 0.5) is 15.8 Å². The van der Waals surface area contributed by atoms with Gasteiger partial charge in [0, 0.05) is 19.0 Å². The maximum absolute atomic E-state index is 13.7. The van der Waals surface area contributed by atoms with Crippen LogP contribution in [0.25, 0.3) is 0 Å². The third-order valence-electron chi connectivity index (χ3n) is 2.83. The smallest absolute Gasteiger partial charge is 0.258 e. The Kier molecular flexibility index (Phi) is 4.29. The lowest BCUT2D eigenvalue weighted by molar-refractivity contribution is 0.102. The van der Waals surface area contributed by atoms with Crippen molar-refractivity contribution >= 4 is 29.9 Å². The van der Waals surface area contributed by atoms with E-state index in [1.54, 1.807) is 6.07 Å². The van der Waals surface area contributed by atoms with Crippen molar-refractivity contribution in [1.29, 1.82) is 0 Å². The number of benzene rings is 2. The Morgan fingerprint density at radius 2 is 1.90 bits per heavy atom. The zero-order valence-electron chi connectivity index (χ0n) is 11.2. The van der Waals surface area contributed by atoms with Gasteiger partial charge >= 0.3 is 0 Å². The summed E-state index contributed by atoms with van der Waals surface area (Å²) in [6.45, 7) is 0. The molecular formula is C15H15FN2OS. The van der Waals surface area contributed by atoms with Crippen molar-refractivity contribution in [1.82, 2.24) is 0 Å². The molecule has 1 amide bonds. The zero-order chi connectivity index (χ0) is 14.7. The number of thiol groups is 1. The van der Waals surface area contributed by atoms with E-state index in [-0.39, 0.29) is 5.56 Å². The van der Waals surface area contributed by atoms with E-state index in [0.717, 1.165) is 5.69 Å². The molecule has 2 aromatic rings. The fourth-order valence-corrected chi connectivity index (χ4v) is 2.05. The first-order valence-corrected chi connectivity index (χ1v) is 6.50. The summed E-state index contributed by atoms with van der Waals surface area (Å²) in [6, 6.07) is 11.5. The molecule has 0 spiro atoms. The first-order valence-electron chi connectivity index (χ1n) is 6.05. The quantitative estimate of drug-likeness (QED) is 0.849. The van der Waals surface area contributed by atoms with Crippen LogP contribution in [-0.4, -0.2) is 20.0 Å². The first kappa shape index (κ1) is 14.4. The fourth-order valence-electron chi connectivity index (χ4n) is 1.85. The number of hydrogen-bond acceptors (Lipinski definition) is 3. The molecule has 0 saturated heterocycles. The number of rotatable bonds is 3. The van der Waals surface area contributed by atoms with Gasteiger partial charge < -0.3 is 10.2 Å². The average Bonchev–Trinajstić information content (AvgIpc) is 2.41. The molecule has 0 radical (unpaired) electrons. The Hall–Kier alpha value is -2.01. The normalized spacial score (nSPS) is 10.2. The highest BCUT2D eigenvalue weighted by molar-refractivity contribution is 7.80. The van der Waals surface area contributed by atoms with Crippen LogP contribution < -0.4 is 10.2 Å². The lowest BCUT2D eigenvalue weighted by atomic mass is 10.2. The van der Waals surface area contributed by atoms with E-state index in [1.165, 1.54) is 18.2 Å². The predicted octanol–water partition coefficient (Wildman–Crippen LogP) is 3.43. The number of amides is 1. The number of para-hydroxylation sites is 2. The third kappa shape index (κ3) is 3.11. The summed E-state index contributed by atoms with van der Waals surface area (Å²) in [7, 11) is 3.75. The summed E-state index contributed by atoms with van der Waals surface area (Å²) < 4.78 is 13.7. The van der Waals surface area contributed by atoms with Crippen molar-refractivity contribution in [3.63, 3.8) is 0 Å². The van der Waals surface area contributed by atoms with Crippen LogP contribution in [0, 0.1) is 5.82 Å². The van der Waals surface area contributed by atoms with Gasteiger partial charge in [0.05, 0.1) is 16.9 Å². The molecule has 0 atom stereocenters. The van der Waals surface area contributed by atoms with Gasteiger partial charge in [0.15, 0.2) is 0 Å². The lowest BCUT2D eigenvalue weighted by Gasteiger charge is -2.17. The Bertz CT molecular complexity index is 644. The zero-order valence-corrected chi connectivity index (χ0v) is 12.1. The van der Waals surface area contributed by atoms with Gasteiger partial charge in [-0.05, 0) is 30.3 Å². The molecule has 0 aliphatic heterocycles. The SMILES string of the molecule is CN(C)c1ccccc1NC(=O)c1cc(S)ccc1F.